The van der Waals surface area contributed by atoms with Gasteiger partial charge in [0.1, 0.15) is 12.1 Å². The third kappa shape index (κ3) is 4.57. The number of aromatic amines is 1. The summed E-state index contributed by atoms with van der Waals surface area (Å²) in [5.41, 5.74) is 1.96. The van der Waals surface area contributed by atoms with Crippen molar-refractivity contribution in [3.63, 3.8) is 0 Å². The minimum atomic E-state index is -1.08. The summed E-state index contributed by atoms with van der Waals surface area (Å²) in [7, 11) is 0. The molecule has 3 N–H and O–H groups in total. The highest BCUT2D eigenvalue weighted by molar-refractivity contribution is 6.05. The predicted octanol–water partition coefficient (Wildman–Crippen LogP) is 2.53. The van der Waals surface area contributed by atoms with Crippen LogP contribution in [0.3, 0.4) is 0 Å². The van der Waals surface area contributed by atoms with Gasteiger partial charge < -0.3 is 14.8 Å². The van der Waals surface area contributed by atoms with Gasteiger partial charge in [-0.2, -0.15) is 5.10 Å². The fourth-order valence-electron chi connectivity index (χ4n) is 2.48. The van der Waals surface area contributed by atoms with E-state index in [0.29, 0.717) is 17.8 Å². The molecule has 0 saturated heterocycles. The molecule has 3 rings (SSSR count). The van der Waals surface area contributed by atoms with Crippen LogP contribution in [0.25, 0.3) is 11.8 Å². The number of aliphatic hydroxyl groups is 1. The van der Waals surface area contributed by atoms with Crippen molar-refractivity contribution in [2.24, 2.45) is 0 Å². The molecule has 0 spiro atoms. The second-order valence-corrected chi connectivity index (χ2v) is 5.67. The zero-order valence-electron chi connectivity index (χ0n) is 14.1. The topological polar surface area (TPSA) is 121 Å². The Morgan fingerprint density at radius 1 is 1.19 bits per heavy atom. The van der Waals surface area contributed by atoms with Crippen LogP contribution in [0.1, 0.15) is 27.4 Å². The number of aromatic nitrogens is 4. The molecule has 0 amide bonds. The van der Waals surface area contributed by atoms with Gasteiger partial charge in [-0.05, 0) is 17.7 Å². The number of nitrogens with one attached hydrogen (secondary N) is 1. The summed E-state index contributed by atoms with van der Waals surface area (Å²) in [6.45, 7) is 0.476. The molecule has 27 heavy (non-hydrogen) atoms. The Kier molecular flexibility index (Phi) is 5.27. The third-order valence-electron chi connectivity index (χ3n) is 3.73. The van der Waals surface area contributed by atoms with Gasteiger partial charge in [0, 0.05) is 36.2 Å². The van der Waals surface area contributed by atoms with Gasteiger partial charge in [0.15, 0.2) is 5.82 Å². The highest BCUT2D eigenvalue weighted by atomic mass is 16.4. The fourth-order valence-corrected chi connectivity index (χ4v) is 2.48. The van der Waals surface area contributed by atoms with Crippen LogP contribution in [0, 0.1) is 0 Å². The van der Waals surface area contributed by atoms with Gasteiger partial charge in [-0.15, -0.1) is 0 Å². The Bertz CT molecular complexity index is 1000. The summed E-state index contributed by atoms with van der Waals surface area (Å²) in [5, 5.41) is 25.2. The van der Waals surface area contributed by atoms with Gasteiger partial charge in [0.25, 0.3) is 0 Å². The van der Waals surface area contributed by atoms with E-state index in [1.54, 1.807) is 16.8 Å². The lowest BCUT2D eigenvalue weighted by Crippen LogP contribution is -2.00. The molecule has 8 nitrogen and oxygen atoms in total. The van der Waals surface area contributed by atoms with Crippen molar-refractivity contribution in [2.45, 2.75) is 6.54 Å². The van der Waals surface area contributed by atoms with Gasteiger partial charge in [-0.1, -0.05) is 30.3 Å². The average molecular weight is 364 g/mol. The minimum Gasteiger partial charge on any atom is -0.507 e. The number of rotatable bonds is 7. The number of H-pyrrole nitrogens is 1. The van der Waals surface area contributed by atoms with E-state index >= 15 is 0 Å². The number of aliphatic carboxylic acids is 1. The number of hydrogen-bond acceptors (Lipinski definition) is 5. The van der Waals surface area contributed by atoms with Crippen LogP contribution in [0.4, 0.5) is 0 Å². The number of carboxylic acid groups (broad SMARTS) is 1. The van der Waals surface area contributed by atoms with Crippen molar-refractivity contribution in [3.8, 4) is 0 Å². The number of ketones is 1. The average Bonchev–Trinajstić information content (AvgIpc) is 3.31. The molecule has 8 heteroatoms. The van der Waals surface area contributed by atoms with Crippen LogP contribution in [-0.4, -0.2) is 41.7 Å². The summed E-state index contributed by atoms with van der Waals surface area (Å²) in [6, 6.07) is 11.2. The van der Waals surface area contributed by atoms with Crippen LogP contribution in [-0.2, 0) is 11.3 Å². The maximum absolute atomic E-state index is 12.0. The Morgan fingerprint density at radius 2 is 1.96 bits per heavy atom. The smallest absolute Gasteiger partial charge is 0.328 e. The van der Waals surface area contributed by atoms with Gasteiger partial charge in [0.2, 0.25) is 5.78 Å². The van der Waals surface area contributed by atoms with E-state index in [4.69, 9.17) is 5.11 Å². The van der Waals surface area contributed by atoms with Crippen molar-refractivity contribution in [1.29, 1.82) is 0 Å². The van der Waals surface area contributed by atoms with Gasteiger partial charge in [0.05, 0.1) is 0 Å². The first-order valence-electron chi connectivity index (χ1n) is 7.99. The summed E-state index contributed by atoms with van der Waals surface area (Å²) in [5.74, 6) is -1.85. The van der Waals surface area contributed by atoms with E-state index in [2.05, 4.69) is 15.2 Å². The van der Waals surface area contributed by atoms with Gasteiger partial charge in [-0.3, -0.25) is 9.89 Å². The molecule has 0 aliphatic rings. The highest BCUT2D eigenvalue weighted by Gasteiger charge is 2.12. The quantitative estimate of drug-likeness (QED) is 0.336. The zero-order valence-corrected chi connectivity index (χ0v) is 14.1. The van der Waals surface area contributed by atoms with Crippen LogP contribution in [0.15, 0.2) is 61.1 Å². The van der Waals surface area contributed by atoms with E-state index in [1.165, 1.54) is 12.4 Å². The third-order valence-corrected chi connectivity index (χ3v) is 3.73. The molecule has 0 radical (unpaired) electrons. The van der Waals surface area contributed by atoms with E-state index in [-0.39, 0.29) is 11.6 Å². The lowest BCUT2D eigenvalue weighted by molar-refractivity contribution is -0.131. The standard InChI is InChI=1S/C19H16N4O4/c24-16(9-17(25)19-20-12-21-22-19)14-8-15(6-7-18(26)27)23(11-14)10-13-4-2-1-3-5-13/h1-9,11-12,24H,10H2,(H,26,27)(H,20,21,22)/b7-6+,16-9-. The molecule has 136 valence electrons. The summed E-state index contributed by atoms with van der Waals surface area (Å²) in [4.78, 5) is 26.6. The first-order chi connectivity index (χ1) is 13.0. The molecule has 0 saturated carbocycles. The second-order valence-electron chi connectivity index (χ2n) is 5.67. The van der Waals surface area contributed by atoms with Crippen molar-refractivity contribution in [1.82, 2.24) is 19.7 Å². The summed E-state index contributed by atoms with van der Waals surface area (Å²) in [6.07, 6.45) is 6.33. The molecule has 1 aromatic carbocycles. The predicted molar refractivity (Wildman–Crippen MR) is 98.0 cm³/mol. The molecule has 3 aromatic rings. The zero-order chi connectivity index (χ0) is 19.2. The van der Waals surface area contributed by atoms with Crippen LogP contribution >= 0.6 is 0 Å². The van der Waals surface area contributed by atoms with Crippen LogP contribution in [0.5, 0.6) is 0 Å². The second kappa shape index (κ2) is 7.96. The van der Waals surface area contributed by atoms with Gasteiger partial charge >= 0.3 is 5.97 Å². The normalized spacial score (nSPS) is 11.8. The number of carboxylic acids is 1. The minimum absolute atomic E-state index is 0.0104. The molecule has 0 unspecified atom stereocenters. The van der Waals surface area contributed by atoms with E-state index in [9.17, 15) is 14.7 Å². The lowest BCUT2D eigenvalue weighted by Gasteiger charge is -2.06. The molecule has 0 aliphatic heterocycles. The fraction of sp³-hybridized carbons (Fsp3) is 0.0526. The summed E-state index contributed by atoms with van der Waals surface area (Å²) < 4.78 is 1.78. The van der Waals surface area contributed by atoms with E-state index < -0.39 is 11.8 Å². The molecular formula is C19H16N4O4. The first-order valence-corrected chi connectivity index (χ1v) is 7.99. The Balaban J connectivity index is 1.92. The number of hydrogen-bond donors (Lipinski definition) is 3. The highest BCUT2D eigenvalue weighted by Crippen LogP contribution is 2.19. The Labute approximate surface area is 154 Å². The number of benzene rings is 1. The number of allylic oxidation sites excluding steroid dienone is 1. The van der Waals surface area contributed by atoms with E-state index in [0.717, 1.165) is 17.7 Å². The molecule has 0 atom stereocenters. The number of aliphatic hydroxyl groups excluding tert-OH is 1. The van der Waals surface area contributed by atoms with Crippen LogP contribution < -0.4 is 0 Å². The molecule has 2 aromatic heterocycles. The number of carbonyl (C=O) groups excluding carboxylic acids is 1. The molecule has 2 heterocycles. The van der Waals surface area contributed by atoms with Crippen molar-refractivity contribution in [2.75, 3.05) is 0 Å². The van der Waals surface area contributed by atoms with Crippen molar-refractivity contribution >= 4 is 23.6 Å². The number of carbonyl (C=O) groups is 2. The number of nitrogens with zero attached hydrogens (tertiary/aromatic N) is 3. The maximum atomic E-state index is 12.0. The Hall–Kier alpha value is -3.94. The van der Waals surface area contributed by atoms with E-state index in [1.807, 2.05) is 30.3 Å². The molecule has 0 aliphatic carbocycles. The van der Waals surface area contributed by atoms with Crippen molar-refractivity contribution < 1.29 is 19.8 Å². The molecule has 0 fully saturated rings. The van der Waals surface area contributed by atoms with Crippen molar-refractivity contribution in [3.05, 3.63) is 83.7 Å². The molecule has 0 bridgehead atoms. The first kappa shape index (κ1) is 17.9. The SMILES string of the molecule is O=C(O)/C=C/c1cc(/C(O)=C/C(=O)c2ncn[nH]2)cn1Cc1ccccc1. The van der Waals surface area contributed by atoms with Crippen LogP contribution in [0.2, 0.25) is 0 Å². The lowest BCUT2D eigenvalue weighted by atomic mass is 10.2. The summed E-state index contributed by atoms with van der Waals surface area (Å²) >= 11 is 0. The maximum Gasteiger partial charge on any atom is 0.328 e. The largest absolute Gasteiger partial charge is 0.507 e. The van der Waals surface area contributed by atoms with Gasteiger partial charge in [-0.25, -0.2) is 9.78 Å². The molecular weight excluding hydrogens is 348 g/mol. The Morgan fingerprint density at radius 3 is 2.63 bits per heavy atom. The monoisotopic (exact) mass is 364 g/mol.